The molecule has 1 atom stereocenters. The highest BCUT2D eigenvalue weighted by atomic mass is 35.5. The fraction of sp³-hybridized carbons (Fsp3) is 0.538. The van der Waals surface area contributed by atoms with E-state index >= 15 is 0 Å². The molecular weight excluding hydrogens is 259 g/mol. The molecule has 0 saturated carbocycles. The molecule has 1 heterocycles. The summed E-state index contributed by atoms with van der Waals surface area (Å²) < 4.78 is 11.3. The number of hydrogen-bond acceptors (Lipinski definition) is 2. The molecule has 1 aliphatic rings. The maximum atomic E-state index is 6.09. The van der Waals surface area contributed by atoms with Gasteiger partial charge in [-0.25, -0.2) is 0 Å². The molecule has 2 nitrogen and oxygen atoms in total. The van der Waals surface area contributed by atoms with Crippen LogP contribution in [0.4, 0.5) is 0 Å². The third-order valence-corrected chi connectivity index (χ3v) is 3.81. The van der Waals surface area contributed by atoms with Crippen molar-refractivity contribution in [2.24, 2.45) is 5.41 Å². The zero-order valence-corrected chi connectivity index (χ0v) is 11.5. The SMILES string of the molecule is CC1(C)COCC1OCc1c(Cl)cccc1Cl. The van der Waals surface area contributed by atoms with Crippen LogP contribution in [0.5, 0.6) is 0 Å². The standard InChI is InChI=1S/C13H16Cl2O2/c1-13(2)8-16-7-12(13)17-6-9-10(14)4-3-5-11(9)15/h3-5,12H,6-8H2,1-2H3. The molecule has 94 valence electrons. The lowest BCUT2D eigenvalue weighted by molar-refractivity contribution is -0.00855. The molecule has 0 spiro atoms. The topological polar surface area (TPSA) is 18.5 Å². The van der Waals surface area contributed by atoms with Crippen LogP contribution < -0.4 is 0 Å². The molecule has 0 amide bonds. The molecule has 17 heavy (non-hydrogen) atoms. The highest BCUT2D eigenvalue weighted by Gasteiger charge is 2.36. The summed E-state index contributed by atoms with van der Waals surface area (Å²) >= 11 is 12.2. The molecule has 0 radical (unpaired) electrons. The first-order chi connectivity index (χ1) is 8.00. The van der Waals surface area contributed by atoms with Gasteiger partial charge in [-0.1, -0.05) is 43.1 Å². The Bertz CT molecular complexity index is 384. The van der Waals surface area contributed by atoms with Crippen molar-refractivity contribution in [3.8, 4) is 0 Å². The molecule has 0 aromatic heterocycles. The highest BCUT2D eigenvalue weighted by Crippen LogP contribution is 2.32. The molecule has 0 bridgehead atoms. The van der Waals surface area contributed by atoms with Crippen molar-refractivity contribution in [2.45, 2.75) is 26.6 Å². The van der Waals surface area contributed by atoms with Crippen molar-refractivity contribution in [3.63, 3.8) is 0 Å². The second-order valence-electron chi connectivity index (χ2n) is 5.00. The van der Waals surface area contributed by atoms with Crippen LogP contribution in [0.1, 0.15) is 19.4 Å². The van der Waals surface area contributed by atoms with Gasteiger partial charge in [-0.05, 0) is 12.1 Å². The Kier molecular flexibility index (Phi) is 3.99. The molecule has 0 aliphatic carbocycles. The van der Waals surface area contributed by atoms with Gasteiger partial charge in [0.15, 0.2) is 0 Å². The molecule has 1 aliphatic heterocycles. The Morgan fingerprint density at radius 2 is 2.00 bits per heavy atom. The molecular formula is C13H16Cl2O2. The zero-order chi connectivity index (χ0) is 12.5. The van der Waals surface area contributed by atoms with E-state index in [9.17, 15) is 0 Å². The number of hydrogen-bond donors (Lipinski definition) is 0. The third kappa shape index (κ3) is 2.94. The van der Waals surface area contributed by atoms with E-state index in [0.717, 1.165) is 12.2 Å². The Morgan fingerprint density at radius 3 is 2.53 bits per heavy atom. The Morgan fingerprint density at radius 1 is 1.35 bits per heavy atom. The third-order valence-electron chi connectivity index (χ3n) is 3.11. The van der Waals surface area contributed by atoms with Gasteiger partial charge in [-0.2, -0.15) is 0 Å². The largest absolute Gasteiger partial charge is 0.378 e. The van der Waals surface area contributed by atoms with Crippen LogP contribution in [0.25, 0.3) is 0 Å². The number of ether oxygens (including phenoxy) is 2. The van der Waals surface area contributed by atoms with Crippen molar-refractivity contribution in [2.75, 3.05) is 13.2 Å². The maximum absolute atomic E-state index is 6.09. The summed E-state index contributed by atoms with van der Waals surface area (Å²) in [5.74, 6) is 0. The monoisotopic (exact) mass is 274 g/mol. The van der Waals surface area contributed by atoms with E-state index in [1.807, 2.05) is 18.2 Å². The van der Waals surface area contributed by atoms with Crippen LogP contribution in [-0.2, 0) is 16.1 Å². The average molecular weight is 275 g/mol. The van der Waals surface area contributed by atoms with E-state index in [1.165, 1.54) is 0 Å². The van der Waals surface area contributed by atoms with E-state index in [2.05, 4.69) is 13.8 Å². The zero-order valence-electron chi connectivity index (χ0n) is 10.0. The van der Waals surface area contributed by atoms with Crippen LogP contribution in [-0.4, -0.2) is 19.3 Å². The summed E-state index contributed by atoms with van der Waals surface area (Å²) in [6, 6.07) is 5.47. The second kappa shape index (κ2) is 5.15. The van der Waals surface area contributed by atoms with Gasteiger partial charge in [0.25, 0.3) is 0 Å². The van der Waals surface area contributed by atoms with Crippen LogP contribution in [0.15, 0.2) is 18.2 Å². The lowest BCUT2D eigenvalue weighted by Gasteiger charge is -2.25. The Labute approximate surface area is 112 Å². The minimum Gasteiger partial charge on any atom is -0.378 e. The van der Waals surface area contributed by atoms with Crippen molar-refractivity contribution in [1.82, 2.24) is 0 Å². The van der Waals surface area contributed by atoms with Crippen LogP contribution in [0.3, 0.4) is 0 Å². The van der Waals surface area contributed by atoms with Gasteiger partial charge in [-0.15, -0.1) is 0 Å². The van der Waals surface area contributed by atoms with Gasteiger partial charge in [0.1, 0.15) is 0 Å². The first-order valence-corrected chi connectivity index (χ1v) is 6.38. The predicted molar refractivity (Wildman–Crippen MR) is 69.6 cm³/mol. The first-order valence-electron chi connectivity index (χ1n) is 5.63. The Balaban J connectivity index is 2.03. The van der Waals surface area contributed by atoms with E-state index in [4.69, 9.17) is 32.7 Å². The Hall–Kier alpha value is -0.280. The number of rotatable bonds is 3. The molecule has 1 saturated heterocycles. The van der Waals surface area contributed by atoms with Crippen LogP contribution >= 0.6 is 23.2 Å². The van der Waals surface area contributed by atoms with Gasteiger partial charge < -0.3 is 9.47 Å². The summed E-state index contributed by atoms with van der Waals surface area (Å²) in [5.41, 5.74) is 0.895. The minimum atomic E-state index is 0.0493. The fourth-order valence-electron chi connectivity index (χ4n) is 1.88. The first kappa shape index (κ1) is 13.2. The normalized spacial score (nSPS) is 22.9. The van der Waals surface area contributed by atoms with E-state index in [0.29, 0.717) is 23.3 Å². The quantitative estimate of drug-likeness (QED) is 0.832. The van der Waals surface area contributed by atoms with Crippen molar-refractivity contribution >= 4 is 23.2 Å². The van der Waals surface area contributed by atoms with Crippen molar-refractivity contribution < 1.29 is 9.47 Å². The molecule has 4 heteroatoms. The van der Waals surface area contributed by atoms with Crippen LogP contribution in [0, 0.1) is 5.41 Å². The van der Waals surface area contributed by atoms with E-state index < -0.39 is 0 Å². The number of halogens is 2. The molecule has 1 aromatic rings. The molecule has 1 fully saturated rings. The van der Waals surface area contributed by atoms with E-state index in [1.54, 1.807) is 0 Å². The molecule has 2 rings (SSSR count). The minimum absolute atomic E-state index is 0.0493. The fourth-order valence-corrected chi connectivity index (χ4v) is 2.38. The predicted octanol–water partition coefficient (Wildman–Crippen LogP) is 3.94. The maximum Gasteiger partial charge on any atom is 0.0885 e. The van der Waals surface area contributed by atoms with Crippen molar-refractivity contribution in [1.29, 1.82) is 0 Å². The second-order valence-corrected chi connectivity index (χ2v) is 5.82. The average Bonchev–Trinajstić information content (AvgIpc) is 2.57. The van der Waals surface area contributed by atoms with Crippen molar-refractivity contribution in [3.05, 3.63) is 33.8 Å². The van der Waals surface area contributed by atoms with Gasteiger partial charge in [-0.3, -0.25) is 0 Å². The lowest BCUT2D eigenvalue weighted by Crippen LogP contribution is -2.30. The summed E-state index contributed by atoms with van der Waals surface area (Å²) in [4.78, 5) is 0. The lowest BCUT2D eigenvalue weighted by atomic mass is 9.90. The van der Waals surface area contributed by atoms with Gasteiger partial charge in [0.2, 0.25) is 0 Å². The van der Waals surface area contributed by atoms with Gasteiger partial charge >= 0.3 is 0 Å². The van der Waals surface area contributed by atoms with Crippen LogP contribution in [0.2, 0.25) is 10.0 Å². The van der Waals surface area contributed by atoms with E-state index in [-0.39, 0.29) is 11.5 Å². The summed E-state index contributed by atoms with van der Waals surface area (Å²) in [6.07, 6.45) is 0.0924. The molecule has 1 aromatic carbocycles. The summed E-state index contributed by atoms with van der Waals surface area (Å²) in [6.45, 7) is 6.07. The molecule has 1 unspecified atom stereocenters. The van der Waals surface area contributed by atoms with Gasteiger partial charge in [0, 0.05) is 21.0 Å². The van der Waals surface area contributed by atoms with Gasteiger partial charge in [0.05, 0.1) is 25.9 Å². The summed E-state index contributed by atoms with van der Waals surface area (Å²) in [7, 11) is 0. The molecule has 0 N–H and O–H groups in total. The number of benzene rings is 1. The smallest absolute Gasteiger partial charge is 0.0885 e. The highest BCUT2D eigenvalue weighted by molar-refractivity contribution is 6.35. The summed E-state index contributed by atoms with van der Waals surface area (Å²) in [5, 5.41) is 1.29.